The van der Waals surface area contributed by atoms with Crippen LogP contribution in [-0.4, -0.2) is 37.9 Å². The van der Waals surface area contributed by atoms with Crippen LogP contribution < -0.4 is 0 Å². The second-order valence-electron chi connectivity index (χ2n) is 6.41. The molecule has 0 amide bonds. The lowest BCUT2D eigenvalue weighted by Gasteiger charge is -2.30. The molecule has 128 valence electrons. The average molecular weight is 339 g/mol. The number of hydrogen-bond donors (Lipinski definition) is 0. The van der Waals surface area contributed by atoms with E-state index in [1.54, 1.807) is 12.1 Å². The lowest BCUT2D eigenvalue weighted by molar-refractivity contribution is -0.153. The van der Waals surface area contributed by atoms with Gasteiger partial charge in [0.2, 0.25) is 10.0 Å². The van der Waals surface area contributed by atoms with E-state index >= 15 is 0 Å². The highest BCUT2D eigenvalue weighted by atomic mass is 32.2. The highest BCUT2D eigenvalue weighted by Gasteiger charge is 2.33. The monoisotopic (exact) mass is 339 g/mol. The van der Waals surface area contributed by atoms with Gasteiger partial charge in [-0.25, -0.2) is 8.42 Å². The van der Waals surface area contributed by atoms with E-state index in [4.69, 9.17) is 4.74 Å². The SMILES string of the molecule is Cc1ccc(S(=O)(=O)N2CCC(C(=O)OC(C)C)CC2)cc1C. The van der Waals surface area contributed by atoms with Gasteiger partial charge in [0.1, 0.15) is 0 Å². The number of sulfonamides is 1. The van der Waals surface area contributed by atoms with Crippen LogP contribution in [-0.2, 0) is 19.6 Å². The molecule has 1 aliphatic rings. The van der Waals surface area contributed by atoms with Crippen molar-refractivity contribution in [3.8, 4) is 0 Å². The zero-order valence-corrected chi connectivity index (χ0v) is 15.0. The van der Waals surface area contributed by atoms with E-state index in [-0.39, 0.29) is 18.0 Å². The predicted octanol–water partition coefficient (Wildman–Crippen LogP) is 2.66. The highest BCUT2D eigenvalue weighted by molar-refractivity contribution is 7.89. The van der Waals surface area contributed by atoms with E-state index in [9.17, 15) is 13.2 Å². The van der Waals surface area contributed by atoms with E-state index in [1.165, 1.54) is 4.31 Å². The Bertz CT molecular complexity index is 674. The number of carbonyl (C=O) groups excluding carboxylic acids is 1. The van der Waals surface area contributed by atoms with Gasteiger partial charge in [0, 0.05) is 13.1 Å². The van der Waals surface area contributed by atoms with Crippen molar-refractivity contribution >= 4 is 16.0 Å². The van der Waals surface area contributed by atoms with E-state index in [0.717, 1.165) is 11.1 Å². The maximum Gasteiger partial charge on any atom is 0.309 e. The van der Waals surface area contributed by atoms with Crippen molar-refractivity contribution in [3.63, 3.8) is 0 Å². The van der Waals surface area contributed by atoms with Crippen LogP contribution >= 0.6 is 0 Å². The van der Waals surface area contributed by atoms with Gasteiger partial charge in [-0.2, -0.15) is 4.31 Å². The molecule has 0 atom stereocenters. The van der Waals surface area contributed by atoms with E-state index < -0.39 is 10.0 Å². The summed E-state index contributed by atoms with van der Waals surface area (Å²) >= 11 is 0. The summed E-state index contributed by atoms with van der Waals surface area (Å²) in [7, 11) is -3.49. The van der Waals surface area contributed by atoms with Gasteiger partial charge in [0.25, 0.3) is 0 Å². The molecular formula is C17H25NO4S. The normalized spacial score (nSPS) is 17.4. The van der Waals surface area contributed by atoms with Gasteiger partial charge >= 0.3 is 5.97 Å². The Morgan fingerprint density at radius 2 is 1.78 bits per heavy atom. The first kappa shape index (κ1) is 17.9. The molecule has 23 heavy (non-hydrogen) atoms. The fourth-order valence-electron chi connectivity index (χ4n) is 2.68. The van der Waals surface area contributed by atoms with Crippen LogP contribution in [0.5, 0.6) is 0 Å². The predicted molar refractivity (Wildman–Crippen MR) is 88.6 cm³/mol. The molecule has 1 fully saturated rings. The third kappa shape index (κ3) is 4.12. The summed E-state index contributed by atoms with van der Waals surface area (Å²) in [6.45, 7) is 8.20. The van der Waals surface area contributed by atoms with Crippen molar-refractivity contribution < 1.29 is 17.9 Å². The minimum Gasteiger partial charge on any atom is -0.463 e. The van der Waals surface area contributed by atoms with Gasteiger partial charge in [-0.15, -0.1) is 0 Å². The molecule has 0 radical (unpaired) electrons. The van der Waals surface area contributed by atoms with Crippen molar-refractivity contribution in [2.75, 3.05) is 13.1 Å². The maximum atomic E-state index is 12.7. The molecule has 6 heteroatoms. The highest BCUT2D eigenvalue weighted by Crippen LogP contribution is 2.26. The molecule has 0 spiro atoms. The number of nitrogens with zero attached hydrogens (tertiary/aromatic N) is 1. The summed E-state index contributed by atoms with van der Waals surface area (Å²) in [5.41, 5.74) is 2.03. The van der Waals surface area contributed by atoms with Crippen molar-refractivity contribution in [1.82, 2.24) is 4.31 Å². The minimum absolute atomic E-state index is 0.139. The molecule has 0 unspecified atom stereocenters. The number of carbonyl (C=O) groups is 1. The van der Waals surface area contributed by atoms with Crippen LogP contribution in [0.3, 0.4) is 0 Å². The fraction of sp³-hybridized carbons (Fsp3) is 0.588. The Morgan fingerprint density at radius 3 is 2.30 bits per heavy atom. The first-order valence-corrected chi connectivity index (χ1v) is 9.43. The molecule has 0 bridgehead atoms. The maximum absolute atomic E-state index is 12.7. The van der Waals surface area contributed by atoms with Gasteiger partial charge in [0.15, 0.2) is 0 Å². The number of hydrogen-bond acceptors (Lipinski definition) is 4. The second-order valence-corrected chi connectivity index (χ2v) is 8.35. The summed E-state index contributed by atoms with van der Waals surface area (Å²) in [6, 6.07) is 5.19. The summed E-state index contributed by atoms with van der Waals surface area (Å²) in [6.07, 6.45) is 0.880. The van der Waals surface area contributed by atoms with Crippen molar-refractivity contribution in [2.45, 2.75) is 51.5 Å². The Morgan fingerprint density at radius 1 is 1.17 bits per heavy atom. The average Bonchev–Trinajstić information content (AvgIpc) is 2.49. The molecule has 0 N–H and O–H groups in total. The Kier molecular flexibility index (Phi) is 5.47. The van der Waals surface area contributed by atoms with Crippen LogP contribution in [0.4, 0.5) is 0 Å². The molecular weight excluding hydrogens is 314 g/mol. The van der Waals surface area contributed by atoms with Crippen LogP contribution in [0.1, 0.15) is 37.8 Å². The summed E-state index contributed by atoms with van der Waals surface area (Å²) in [4.78, 5) is 12.2. The Labute approximate surface area is 138 Å². The smallest absolute Gasteiger partial charge is 0.309 e. The summed E-state index contributed by atoms with van der Waals surface area (Å²) < 4.78 is 32.1. The summed E-state index contributed by atoms with van der Waals surface area (Å²) in [5, 5.41) is 0. The van der Waals surface area contributed by atoms with Crippen LogP contribution in [0, 0.1) is 19.8 Å². The molecule has 0 aliphatic carbocycles. The van der Waals surface area contributed by atoms with Crippen molar-refractivity contribution in [2.24, 2.45) is 5.92 Å². The number of ether oxygens (including phenoxy) is 1. The molecule has 1 heterocycles. The van der Waals surface area contributed by atoms with Gasteiger partial charge in [-0.1, -0.05) is 6.07 Å². The lowest BCUT2D eigenvalue weighted by Crippen LogP contribution is -2.40. The number of aryl methyl sites for hydroxylation is 2. The van der Waals surface area contributed by atoms with E-state index in [0.29, 0.717) is 30.8 Å². The molecule has 1 aliphatic heterocycles. The number of esters is 1. The molecule has 5 nitrogen and oxygen atoms in total. The fourth-order valence-corrected chi connectivity index (χ4v) is 4.24. The first-order chi connectivity index (χ1) is 10.7. The molecule has 2 rings (SSSR count). The lowest BCUT2D eigenvalue weighted by atomic mass is 9.98. The van der Waals surface area contributed by atoms with Crippen molar-refractivity contribution in [3.05, 3.63) is 29.3 Å². The summed E-state index contributed by atoms with van der Waals surface area (Å²) in [5.74, 6) is -0.424. The van der Waals surface area contributed by atoms with E-state index in [2.05, 4.69) is 0 Å². The number of rotatable bonds is 4. The molecule has 0 saturated carbocycles. The number of benzene rings is 1. The second kappa shape index (κ2) is 7.01. The van der Waals surface area contributed by atoms with Crippen LogP contribution in [0.15, 0.2) is 23.1 Å². The topological polar surface area (TPSA) is 63.7 Å². The molecule has 1 saturated heterocycles. The van der Waals surface area contributed by atoms with Gasteiger partial charge < -0.3 is 4.74 Å². The zero-order chi connectivity index (χ0) is 17.2. The molecule has 0 aromatic heterocycles. The largest absolute Gasteiger partial charge is 0.463 e. The van der Waals surface area contributed by atoms with Gasteiger partial charge in [-0.05, 0) is 63.8 Å². The Balaban J connectivity index is 2.06. The zero-order valence-electron chi connectivity index (χ0n) is 14.2. The minimum atomic E-state index is -3.49. The van der Waals surface area contributed by atoms with Crippen LogP contribution in [0.25, 0.3) is 0 Å². The third-order valence-electron chi connectivity index (χ3n) is 4.26. The van der Waals surface area contributed by atoms with Crippen molar-refractivity contribution in [1.29, 1.82) is 0 Å². The van der Waals surface area contributed by atoms with Crippen LogP contribution in [0.2, 0.25) is 0 Å². The first-order valence-electron chi connectivity index (χ1n) is 7.99. The van der Waals surface area contributed by atoms with Gasteiger partial charge in [0.05, 0.1) is 16.9 Å². The van der Waals surface area contributed by atoms with E-state index in [1.807, 2.05) is 33.8 Å². The third-order valence-corrected chi connectivity index (χ3v) is 6.15. The quantitative estimate of drug-likeness (QED) is 0.791. The van der Waals surface area contributed by atoms with Gasteiger partial charge in [-0.3, -0.25) is 4.79 Å². The molecule has 1 aromatic rings. The molecule has 1 aromatic carbocycles. The standard InChI is InChI=1S/C17H25NO4S/c1-12(2)22-17(19)15-7-9-18(10-8-15)23(20,21)16-6-5-13(3)14(4)11-16/h5-6,11-12,15H,7-10H2,1-4H3. The Hall–Kier alpha value is -1.40. The number of piperidine rings is 1.